The van der Waals surface area contributed by atoms with Gasteiger partial charge in [0.15, 0.2) is 14.1 Å². The maximum atomic E-state index is 12.8. The Hall–Kier alpha value is -0.623. The predicted molar refractivity (Wildman–Crippen MR) is 101 cm³/mol. The third kappa shape index (κ3) is 3.36. The Morgan fingerprint density at radius 3 is 2.46 bits per heavy atom. The SMILES string of the molecule is CC1(Sc2ccccc2)C[C@@H](O[Si](C)(C)C(C)(C)C)[C@@H]2O[C@@H]2C1=O. The molecule has 1 unspecified atom stereocenters. The first kappa shape index (κ1) is 18.2. The van der Waals surface area contributed by atoms with Crippen molar-refractivity contribution in [3.63, 3.8) is 0 Å². The molecule has 1 aliphatic heterocycles. The molecule has 1 aliphatic carbocycles. The minimum atomic E-state index is -1.88. The Labute approximate surface area is 150 Å². The number of hydrogen-bond donors (Lipinski definition) is 0. The van der Waals surface area contributed by atoms with Crippen molar-refractivity contribution in [1.82, 2.24) is 0 Å². The summed E-state index contributed by atoms with van der Waals surface area (Å²) in [4.78, 5) is 13.9. The van der Waals surface area contributed by atoms with Crippen LogP contribution in [-0.2, 0) is 14.0 Å². The number of ether oxygens (including phenoxy) is 1. The maximum Gasteiger partial charge on any atom is 0.192 e. The van der Waals surface area contributed by atoms with Gasteiger partial charge in [0, 0.05) is 4.90 Å². The second-order valence-corrected chi connectivity index (χ2v) is 15.0. The normalized spacial score (nSPS) is 33.2. The molecule has 1 saturated heterocycles. The molecule has 0 radical (unpaired) electrons. The first-order valence-corrected chi connectivity index (χ1v) is 12.4. The molecule has 0 N–H and O–H groups in total. The molecule has 2 fully saturated rings. The molecule has 1 heterocycles. The van der Waals surface area contributed by atoms with E-state index in [4.69, 9.17) is 9.16 Å². The van der Waals surface area contributed by atoms with Crippen LogP contribution in [0.15, 0.2) is 35.2 Å². The van der Waals surface area contributed by atoms with Crippen molar-refractivity contribution in [3.05, 3.63) is 30.3 Å². The lowest BCUT2D eigenvalue weighted by molar-refractivity contribution is -0.123. The van der Waals surface area contributed by atoms with E-state index in [2.05, 4.69) is 46.0 Å². The number of rotatable bonds is 4. The van der Waals surface area contributed by atoms with Crippen LogP contribution < -0.4 is 0 Å². The molecule has 1 aromatic carbocycles. The number of thioether (sulfide) groups is 1. The Morgan fingerprint density at radius 1 is 1.25 bits per heavy atom. The third-order valence-corrected chi connectivity index (χ3v) is 11.4. The van der Waals surface area contributed by atoms with Crippen LogP contribution in [0.5, 0.6) is 0 Å². The van der Waals surface area contributed by atoms with Gasteiger partial charge in [0.25, 0.3) is 0 Å². The highest BCUT2D eigenvalue weighted by atomic mass is 32.2. The Morgan fingerprint density at radius 2 is 1.88 bits per heavy atom. The average molecular weight is 365 g/mol. The summed E-state index contributed by atoms with van der Waals surface area (Å²) in [6, 6.07) is 10.1. The number of carbonyl (C=O) groups is 1. The number of carbonyl (C=O) groups excluding carboxylic acids is 1. The van der Waals surface area contributed by atoms with Gasteiger partial charge in [-0.3, -0.25) is 4.79 Å². The summed E-state index contributed by atoms with van der Waals surface area (Å²) in [6.45, 7) is 13.3. The minimum absolute atomic E-state index is 0.0230. The van der Waals surface area contributed by atoms with Crippen molar-refractivity contribution in [2.24, 2.45) is 0 Å². The van der Waals surface area contributed by atoms with Gasteiger partial charge in [-0.1, -0.05) is 39.0 Å². The van der Waals surface area contributed by atoms with Gasteiger partial charge in [0.2, 0.25) is 0 Å². The summed E-state index contributed by atoms with van der Waals surface area (Å²) < 4.78 is 11.9. The number of benzene rings is 1. The van der Waals surface area contributed by atoms with Crippen LogP contribution in [-0.4, -0.2) is 37.2 Å². The van der Waals surface area contributed by atoms with Crippen LogP contribution in [0.25, 0.3) is 0 Å². The van der Waals surface area contributed by atoms with Gasteiger partial charge in [0.05, 0.1) is 10.9 Å². The molecular weight excluding hydrogens is 336 g/mol. The van der Waals surface area contributed by atoms with Gasteiger partial charge in [-0.15, -0.1) is 11.8 Å². The van der Waals surface area contributed by atoms with E-state index in [9.17, 15) is 4.79 Å². The molecule has 0 amide bonds. The van der Waals surface area contributed by atoms with Crippen LogP contribution in [0.4, 0.5) is 0 Å². The van der Waals surface area contributed by atoms with Gasteiger partial charge in [0.1, 0.15) is 12.2 Å². The first-order chi connectivity index (χ1) is 11.0. The highest BCUT2D eigenvalue weighted by molar-refractivity contribution is 8.01. The largest absolute Gasteiger partial charge is 0.411 e. The molecule has 24 heavy (non-hydrogen) atoms. The van der Waals surface area contributed by atoms with Crippen LogP contribution in [0.3, 0.4) is 0 Å². The molecule has 0 aromatic heterocycles. The fourth-order valence-corrected chi connectivity index (χ4v) is 5.63. The zero-order valence-electron chi connectivity index (χ0n) is 15.5. The van der Waals surface area contributed by atoms with Gasteiger partial charge in [-0.25, -0.2) is 0 Å². The zero-order valence-corrected chi connectivity index (χ0v) is 17.3. The molecular formula is C19H28O3SSi. The maximum absolute atomic E-state index is 12.8. The minimum Gasteiger partial charge on any atom is -0.411 e. The molecule has 1 aromatic rings. The van der Waals surface area contributed by atoms with Gasteiger partial charge in [-0.2, -0.15) is 0 Å². The molecule has 5 heteroatoms. The van der Waals surface area contributed by atoms with E-state index < -0.39 is 13.1 Å². The summed E-state index contributed by atoms with van der Waals surface area (Å²) in [5.41, 5.74) is 0. The number of epoxide rings is 1. The van der Waals surface area contributed by atoms with Gasteiger partial charge < -0.3 is 9.16 Å². The van der Waals surface area contributed by atoms with E-state index in [-0.39, 0.29) is 29.1 Å². The second-order valence-electron chi connectivity index (χ2n) is 8.65. The first-order valence-electron chi connectivity index (χ1n) is 8.65. The van der Waals surface area contributed by atoms with Crippen molar-refractivity contribution in [1.29, 1.82) is 0 Å². The van der Waals surface area contributed by atoms with Crippen LogP contribution in [0.1, 0.15) is 34.1 Å². The molecule has 2 aliphatic rings. The Kier molecular flexibility index (Phi) is 4.52. The summed E-state index contributed by atoms with van der Waals surface area (Å²) in [5.74, 6) is 0.219. The summed E-state index contributed by atoms with van der Waals surface area (Å²) in [6.07, 6.45) is 0.444. The fourth-order valence-electron chi connectivity index (χ4n) is 3.02. The summed E-state index contributed by atoms with van der Waals surface area (Å²) >= 11 is 1.65. The van der Waals surface area contributed by atoms with Crippen LogP contribution in [0.2, 0.25) is 18.1 Å². The van der Waals surface area contributed by atoms with Crippen LogP contribution in [0, 0.1) is 0 Å². The smallest absolute Gasteiger partial charge is 0.192 e. The second kappa shape index (κ2) is 5.97. The number of hydrogen-bond acceptors (Lipinski definition) is 4. The summed E-state index contributed by atoms with van der Waals surface area (Å²) in [5, 5.41) is 0.155. The molecule has 0 bridgehead atoms. The molecule has 3 rings (SSSR count). The Bertz CT molecular complexity index is 625. The molecule has 4 atom stereocenters. The summed E-state index contributed by atoms with van der Waals surface area (Å²) in [7, 11) is -1.88. The molecule has 3 nitrogen and oxygen atoms in total. The monoisotopic (exact) mass is 364 g/mol. The zero-order chi connectivity index (χ0) is 17.8. The predicted octanol–water partition coefficient (Wildman–Crippen LogP) is 4.67. The fraction of sp³-hybridized carbons (Fsp3) is 0.632. The van der Waals surface area contributed by atoms with Gasteiger partial charge >= 0.3 is 0 Å². The average Bonchev–Trinajstić information content (AvgIpc) is 3.25. The highest BCUT2D eigenvalue weighted by Gasteiger charge is 2.62. The standard InChI is InChI=1S/C19H28O3SSi/c1-18(2,3)24(5,6)22-14-12-19(4,17(20)16-15(14)21-16)23-13-10-8-7-9-11-13/h7-11,14-16H,12H2,1-6H3/t14-,15+,16+,19?/m1/s1. The van der Waals surface area contributed by atoms with E-state index in [0.717, 1.165) is 11.3 Å². The molecule has 132 valence electrons. The quantitative estimate of drug-likeness (QED) is 0.575. The highest BCUT2D eigenvalue weighted by Crippen LogP contribution is 2.50. The lowest BCUT2D eigenvalue weighted by Crippen LogP contribution is -2.52. The Balaban J connectivity index is 1.79. The lowest BCUT2D eigenvalue weighted by Gasteiger charge is -2.42. The number of ketones is 1. The topological polar surface area (TPSA) is 38.8 Å². The van der Waals surface area contributed by atoms with Crippen LogP contribution >= 0.6 is 11.8 Å². The van der Waals surface area contributed by atoms with Crippen molar-refractivity contribution in [2.75, 3.05) is 0 Å². The van der Waals surface area contributed by atoms with Gasteiger partial charge in [-0.05, 0) is 43.6 Å². The van der Waals surface area contributed by atoms with E-state index in [1.165, 1.54) is 0 Å². The third-order valence-electron chi connectivity index (χ3n) is 5.60. The van der Waals surface area contributed by atoms with Crippen molar-refractivity contribution in [3.8, 4) is 0 Å². The lowest BCUT2D eigenvalue weighted by atomic mass is 9.86. The molecule has 0 spiro atoms. The van der Waals surface area contributed by atoms with Crippen molar-refractivity contribution < 1.29 is 14.0 Å². The van der Waals surface area contributed by atoms with E-state index in [1.54, 1.807) is 11.8 Å². The van der Waals surface area contributed by atoms with Crippen molar-refractivity contribution in [2.45, 2.75) is 80.2 Å². The number of Topliss-reactive ketones (excluding diaryl/α,β-unsaturated/α-hetero) is 1. The number of fused-ring (bicyclic) bond motifs is 1. The molecule has 1 saturated carbocycles. The van der Waals surface area contributed by atoms with E-state index in [1.807, 2.05) is 25.1 Å². The van der Waals surface area contributed by atoms with E-state index >= 15 is 0 Å². The van der Waals surface area contributed by atoms with Crippen molar-refractivity contribution >= 4 is 25.9 Å². The van der Waals surface area contributed by atoms with E-state index in [0.29, 0.717) is 0 Å².